The summed E-state index contributed by atoms with van der Waals surface area (Å²) in [5.74, 6) is 0.392. The van der Waals surface area contributed by atoms with Gasteiger partial charge in [0.25, 0.3) is 0 Å². The smallest absolute Gasteiger partial charge is 0.236 e. The molecule has 1 unspecified atom stereocenters. The summed E-state index contributed by atoms with van der Waals surface area (Å²) in [5.41, 5.74) is 2.19. The SMILES string of the molecule is O=S(=O)(NC(CCO)C1CC1)C1=Cc2ccccc2CC1. The van der Waals surface area contributed by atoms with E-state index in [-0.39, 0.29) is 12.6 Å². The first-order valence-electron chi connectivity index (χ1n) is 7.52. The van der Waals surface area contributed by atoms with Crippen LogP contribution in [0.3, 0.4) is 0 Å². The second-order valence-electron chi connectivity index (χ2n) is 5.89. The van der Waals surface area contributed by atoms with Gasteiger partial charge in [0.15, 0.2) is 0 Å². The Labute approximate surface area is 125 Å². The number of allylic oxidation sites excluding steroid dienone is 1. The molecule has 0 spiro atoms. The quantitative estimate of drug-likeness (QED) is 0.845. The van der Waals surface area contributed by atoms with E-state index < -0.39 is 10.0 Å². The van der Waals surface area contributed by atoms with Crippen LogP contribution in [0.1, 0.15) is 36.8 Å². The van der Waals surface area contributed by atoms with E-state index in [1.165, 1.54) is 5.56 Å². The van der Waals surface area contributed by atoms with Gasteiger partial charge >= 0.3 is 0 Å². The molecular formula is C16H21NO3S. The number of nitrogens with one attached hydrogen (secondary N) is 1. The highest BCUT2D eigenvalue weighted by molar-refractivity contribution is 7.93. The molecule has 1 atom stereocenters. The van der Waals surface area contributed by atoms with E-state index in [9.17, 15) is 8.42 Å². The van der Waals surface area contributed by atoms with E-state index in [0.717, 1.165) is 24.8 Å². The zero-order chi connectivity index (χ0) is 14.9. The number of rotatable bonds is 6. The maximum Gasteiger partial charge on any atom is 0.236 e. The van der Waals surface area contributed by atoms with Crippen LogP contribution in [-0.2, 0) is 16.4 Å². The first-order valence-corrected chi connectivity index (χ1v) is 9.00. The molecule has 0 aliphatic heterocycles. The van der Waals surface area contributed by atoms with Gasteiger partial charge in [-0.05, 0) is 55.2 Å². The van der Waals surface area contributed by atoms with Gasteiger partial charge in [0.2, 0.25) is 10.0 Å². The monoisotopic (exact) mass is 307 g/mol. The lowest BCUT2D eigenvalue weighted by molar-refractivity contribution is 0.265. The van der Waals surface area contributed by atoms with Crippen molar-refractivity contribution >= 4 is 16.1 Å². The Hall–Kier alpha value is -1.17. The van der Waals surface area contributed by atoms with Gasteiger partial charge in [-0.1, -0.05) is 24.3 Å². The number of fused-ring (bicyclic) bond motifs is 1. The molecule has 0 amide bonds. The largest absolute Gasteiger partial charge is 0.396 e. The van der Waals surface area contributed by atoms with Crippen molar-refractivity contribution in [2.45, 2.75) is 38.1 Å². The third-order valence-corrected chi connectivity index (χ3v) is 5.92. The molecule has 1 fully saturated rings. The Morgan fingerprint density at radius 3 is 2.71 bits per heavy atom. The first kappa shape index (κ1) is 14.8. The maximum absolute atomic E-state index is 12.6. The first-order chi connectivity index (χ1) is 10.1. The van der Waals surface area contributed by atoms with E-state index >= 15 is 0 Å². The Bertz CT molecular complexity index is 647. The van der Waals surface area contributed by atoms with Gasteiger partial charge in [0.05, 0.1) is 4.91 Å². The normalized spacial score (nSPS) is 19.8. The molecule has 5 heteroatoms. The van der Waals surface area contributed by atoms with Crippen LogP contribution in [0.15, 0.2) is 29.2 Å². The summed E-state index contributed by atoms with van der Waals surface area (Å²) in [6, 6.07) is 7.78. The van der Waals surface area contributed by atoms with Crippen molar-refractivity contribution in [1.29, 1.82) is 0 Å². The van der Waals surface area contributed by atoms with Crippen LogP contribution in [0, 0.1) is 5.92 Å². The predicted octanol–water partition coefficient (Wildman–Crippen LogP) is 2.05. The van der Waals surface area contributed by atoms with Crippen molar-refractivity contribution in [3.63, 3.8) is 0 Å². The lowest BCUT2D eigenvalue weighted by Crippen LogP contribution is -2.38. The molecule has 0 bridgehead atoms. The van der Waals surface area contributed by atoms with Crippen molar-refractivity contribution in [3.05, 3.63) is 40.3 Å². The number of hydrogen-bond acceptors (Lipinski definition) is 3. The number of sulfonamides is 1. The fourth-order valence-corrected chi connectivity index (χ4v) is 4.43. The number of aliphatic hydroxyl groups is 1. The predicted molar refractivity (Wildman–Crippen MR) is 83.0 cm³/mol. The molecule has 0 saturated heterocycles. The minimum Gasteiger partial charge on any atom is -0.396 e. The Morgan fingerprint density at radius 1 is 1.24 bits per heavy atom. The number of hydrogen-bond donors (Lipinski definition) is 2. The molecule has 4 nitrogen and oxygen atoms in total. The van der Waals surface area contributed by atoms with Crippen molar-refractivity contribution in [3.8, 4) is 0 Å². The van der Waals surface area contributed by atoms with Gasteiger partial charge < -0.3 is 5.11 Å². The molecular weight excluding hydrogens is 286 g/mol. The molecule has 1 aromatic carbocycles. The fourth-order valence-electron chi connectivity index (χ4n) is 2.92. The summed E-state index contributed by atoms with van der Waals surface area (Å²) in [6.07, 6.45) is 5.68. The standard InChI is InChI=1S/C16H21NO3S/c18-10-9-16(13-5-6-13)17-21(19,20)15-8-7-12-3-1-2-4-14(12)11-15/h1-4,11,13,16-18H,5-10H2. The average molecular weight is 307 g/mol. The van der Waals surface area contributed by atoms with Gasteiger partial charge in [-0.25, -0.2) is 13.1 Å². The van der Waals surface area contributed by atoms with Crippen LogP contribution < -0.4 is 4.72 Å². The zero-order valence-corrected chi connectivity index (χ0v) is 12.8. The highest BCUT2D eigenvalue weighted by Gasteiger charge is 2.34. The molecule has 2 aliphatic rings. The molecule has 0 heterocycles. The molecule has 0 radical (unpaired) electrons. The zero-order valence-electron chi connectivity index (χ0n) is 12.0. The Morgan fingerprint density at radius 2 is 2.00 bits per heavy atom. The minimum absolute atomic E-state index is 0.0194. The van der Waals surface area contributed by atoms with E-state index in [1.807, 2.05) is 24.3 Å². The highest BCUT2D eigenvalue weighted by Crippen LogP contribution is 2.35. The average Bonchev–Trinajstić information content (AvgIpc) is 3.31. The molecule has 1 aromatic rings. The number of aryl methyl sites for hydroxylation is 1. The topological polar surface area (TPSA) is 66.4 Å². The van der Waals surface area contributed by atoms with Crippen LogP contribution in [0.25, 0.3) is 6.08 Å². The minimum atomic E-state index is -3.45. The maximum atomic E-state index is 12.6. The van der Waals surface area contributed by atoms with E-state index in [2.05, 4.69) is 4.72 Å². The molecule has 0 aromatic heterocycles. The summed E-state index contributed by atoms with van der Waals surface area (Å²) in [6.45, 7) is 0.0194. The molecule has 2 N–H and O–H groups in total. The number of benzene rings is 1. The van der Waals surface area contributed by atoms with Gasteiger partial charge in [0.1, 0.15) is 0 Å². The van der Waals surface area contributed by atoms with Crippen molar-refractivity contribution in [1.82, 2.24) is 4.72 Å². The van der Waals surface area contributed by atoms with Crippen LogP contribution >= 0.6 is 0 Å². The number of aliphatic hydroxyl groups excluding tert-OH is 1. The summed E-state index contributed by atoms with van der Waals surface area (Å²) in [7, 11) is -3.45. The van der Waals surface area contributed by atoms with Crippen LogP contribution in [-0.4, -0.2) is 26.2 Å². The lowest BCUT2D eigenvalue weighted by Gasteiger charge is -2.21. The highest BCUT2D eigenvalue weighted by atomic mass is 32.2. The third kappa shape index (κ3) is 3.36. The van der Waals surface area contributed by atoms with Crippen molar-refractivity contribution in [2.24, 2.45) is 5.92 Å². The Kier molecular flexibility index (Phi) is 4.15. The molecule has 3 rings (SSSR count). The van der Waals surface area contributed by atoms with E-state index in [4.69, 9.17) is 5.11 Å². The van der Waals surface area contributed by atoms with Crippen LogP contribution in [0.5, 0.6) is 0 Å². The molecule has 114 valence electrons. The molecule has 1 saturated carbocycles. The summed E-state index contributed by atoms with van der Waals surface area (Å²) >= 11 is 0. The van der Waals surface area contributed by atoms with Gasteiger partial charge in [-0.3, -0.25) is 0 Å². The van der Waals surface area contributed by atoms with E-state index in [1.54, 1.807) is 6.08 Å². The van der Waals surface area contributed by atoms with Gasteiger partial charge in [-0.2, -0.15) is 0 Å². The summed E-state index contributed by atoms with van der Waals surface area (Å²) in [5, 5.41) is 9.10. The summed E-state index contributed by atoms with van der Waals surface area (Å²) in [4.78, 5) is 0.463. The fraction of sp³-hybridized carbons (Fsp3) is 0.500. The van der Waals surface area contributed by atoms with Gasteiger partial charge in [-0.15, -0.1) is 0 Å². The molecule has 21 heavy (non-hydrogen) atoms. The summed E-state index contributed by atoms with van der Waals surface area (Å²) < 4.78 is 27.9. The second kappa shape index (κ2) is 5.91. The lowest BCUT2D eigenvalue weighted by atomic mass is 9.98. The third-order valence-electron chi connectivity index (χ3n) is 4.30. The van der Waals surface area contributed by atoms with Crippen molar-refractivity contribution < 1.29 is 13.5 Å². The van der Waals surface area contributed by atoms with Crippen molar-refractivity contribution in [2.75, 3.05) is 6.61 Å². The Balaban J connectivity index is 1.80. The molecule has 2 aliphatic carbocycles. The second-order valence-corrected chi connectivity index (χ2v) is 7.65. The van der Waals surface area contributed by atoms with Crippen LogP contribution in [0.4, 0.5) is 0 Å². The van der Waals surface area contributed by atoms with Gasteiger partial charge in [0, 0.05) is 12.6 Å². The van der Waals surface area contributed by atoms with E-state index in [0.29, 0.717) is 23.7 Å². The van der Waals surface area contributed by atoms with Crippen LogP contribution in [0.2, 0.25) is 0 Å².